The summed E-state index contributed by atoms with van der Waals surface area (Å²) >= 11 is 1.66. The van der Waals surface area contributed by atoms with E-state index in [4.69, 9.17) is 10.6 Å². The molecule has 5 heteroatoms. The minimum Gasteiger partial charge on any atom is -0.480 e. The van der Waals surface area contributed by atoms with Crippen molar-refractivity contribution in [2.45, 2.75) is 24.8 Å². The molecule has 0 bridgehead atoms. The topological polar surface area (TPSA) is 64.3 Å². The molecule has 1 aromatic carbocycles. The highest BCUT2D eigenvalue weighted by Gasteiger charge is 2.23. The summed E-state index contributed by atoms with van der Waals surface area (Å²) in [4.78, 5) is 12.7. The molecular formula is C12H18N2O2S. The van der Waals surface area contributed by atoms with Crippen LogP contribution in [0, 0.1) is 5.92 Å². The Morgan fingerprint density at radius 2 is 1.94 bits per heavy atom. The van der Waals surface area contributed by atoms with Crippen LogP contribution in [0.2, 0.25) is 0 Å². The second kappa shape index (κ2) is 6.51. The van der Waals surface area contributed by atoms with Crippen LogP contribution in [0.4, 0.5) is 0 Å². The van der Waals surface area contributed by atoms with E-state index < -0.39 is 6.10 Å². The lowest BCUT2D eigenvalue weighted by atomic mass is 10.1. The Balaban J connectivity index is 2.75. The van der Waals surface area contributed by atoms with E-state index in [1.54, 1.807) is 11.8 Å². The molecule has 0 aliphatic heterocycles. The van der Waals surface area contributed by atoms with Crippen LogP contribution in [0.15, 0.2) is 29.2 Å². The summed E-state index contributed by atoms with van der Waals surface area (Å²) in [6, 6.07) is 7.62. The van der Waals surface area contributed by atoms with E-state index in [1.165, 1.54) is 0 Å². The molecule has 1 amide bonds. The van der Waals surface area contributed by atoms with Gasteiger partial charge in [-0.25, -0.2) is 5.84 Å². The summed E-state index contributed by atoms with van der Waals surface area (Å²) in [5.74, 6) is 5.54. The van der Waals surface area contributed by atoms with Gasteiger partial charge < -0.3 is 4.74 Å². The lowest BCUT2D eigenvalue weighted by Gasteiger charge is -2.20. The maximum atomic E-state index is 11.5. The fourth-order valence-corrected chi connectivity index (χ4v) is 1.78. The highest BCUT2D eigenvalue weighted by atomic mass is 32.2. The first-order valence-electron chi connectivity index (χ1n) is 5.39. The predicted molar refractivity (Wildman–Crippen MR) is 69.8 cm³/mol. The minimum atomic E-state index is -0.569. The first-order chi connectivity index (χ1) is 8.08. The number of carbonyl (C=O) groups excluding carboxylic acids is 1. The summed E-state index contributed by atoms with van der Waals surface area (Å²) in [6.07, 6.45) is 1.44. The van der Waals surface area contributed by atoms with Gasteiger partial charge in [0, 0.05) is 4.90 Å². The number of hydrogen-bond acceptors (Lipinski definition) is 4. The number of hydrazine groups is 1. The Morgan fingerprint density at radius 1 is 1.35 bits per heavy atom. The zero-order valence-electron chi connectivity index (χ0n) is 10.3. The van der Waals surface area contributed by atoms with Crippen LogP contribution in [0.3, 0.4) is 0 Å². The van der Waals surface area contributed by atoms with Crippen molar-refractivity contribution in [3.8, 4) is 5.75 Å². The van der Waals surface area contributed by atoms with Gasteiger partial charge in [0.15, 0.2) is 6.10 Å². The van der Waals surface area contributed by atoms with Gasteiger partial charge >= 0.3 is 0 Å². The molecule has 0 aliphatic rings. The number of nitrogens with one attached hydrogen (secondary N) is 1. The van der Waals surface area contributed by atoms with E-state index in [2.05, 4.69) is 5.43 Å². The van der Waals surface area contributed by atoms with Gasteiger partial charge in [-0.3, -0.25) is 10.2 Å². The molecule has 0 saturated carbocycles. The summed E-state index contributed by atoms with van der Waals surface area (Å²) in [6.45, 7) is 3.83. The molecule has 0 aromatic heterocycles. The van der Waals surface area contributed by atoms with Crippen LogP contribution in [-0.4, -0.2) is 18.3 Å². The average molecular weight is 254 g/mol. The first-order valence-corrected chi connectivity index (χ1v) is 6.62. The summed E-state index contributed by atoms with van der Waals surface area (Å²) in [7, 11) is 0. The van der Waals surface area contributed by atoms with Gasteiger partial charge in [-0.05, 0) is 36.4 Å². The number of rotatable bonds is 5. The lowest BCUT2D eigenvalue weighted by molar-refractivity contribution is -0.129. The van der Waals surface area contributed by atoms with Crippen LogP contribution in [0.1, 0.15) is 13.8 Å². The van der Waals surface area contributed by atoms with Crippen molar-refractivity contribution in [2.24, 2.45) is 11.8 Å². The fraction of sp³-hybridized carbons (Fsp3) is 0.417. The molecule has 1 rings (SSSR count). The van der Waals surface area contributed by atoms with Gasteiger partial charge in [0.05, 0.1) is 0 Å². The van der Waals surface area contributed by atoms with Crippen molar-refractivity contribution in [1.82, 2.24) is 5.43 Å². The molecular weight excluding hydrogens is 236 g/mol. The van der Waals surface area contributed by atoms with Gasteiger partial charge in [0.2, 0.25) is 0 Å². The van der Waals surface area contributed by atoms with Crippen molar-refractivity contribution in [1.29, 1.82) is 0 Å². The van der Waals surface area contributed by atoms with E-state index in [0.29, 0.717) is 5.75 Å². The molecule has 4 nitrogen and oxygen atoms in total. The number of thioether (sulfide) groups is 1. The fourth-order valence-electron chi connectivity index (χ4n) is 1.38. The zero-order chi connectivity index (χ0) is 12.8. The molecule has 0 aliphatic carbocycles. The average Bonchev–Trinajstić information content (AvgIpc) is 2.35. The van der Waals surface area contributed by atoms with E-state index in [9.17, 15) is 4.79 Å². The number of ether oxygens (including phenoxy) is 1. The van der Waals surface area contributed by atoms with E-state index in [1.807, 2.05) is 44.4 Å². The molecule has 0 heterocycles. The molecule has 1 atom stereocenters. The number of nitrogens with two attached hydrogens (primary N) is 1. The van der Waals surface area contributed by atoms with Crippen molar-refractivity contribution in [3.63, 3.8) is 0 Å². The Labute approximate surface area is 106 Å². The Hall–Kier alpha value is -1.20. The third-order valence-electron chi connectivity index (χ3n) is 2.33. The molecule has 3 N–H and O–H groups in total. The number of amides is 1. The highest BCUT2D eigenvalue weighted by molar-refractivity contribution is 7.98. The van der Waals surface area contributed by atoms with Gasteiger partial charge in [-0.1, -0.05) is 13.8 Å². The molecule has 1 unspecified atom stereocenters. The zero-order valence-corrected chi connectivity index (χ0v) is 11.1. The van der Waals surface area contributed by atoms with Crippen LogP contribution in [0.5, 0.6) is 5.75 Å². The van der Waals surface area contributed by atoms with E-state index >= 15 is 0 Å². The van der Waals surface area contributed by atoms with Gasteiger partial charge in [-0.15, -0.1) is 11.8 Å². The number of hydrogen-bond donors (Lipinski definition) is 2. The maximum absolute atomic E-state index is 11.5. The van der Waals surface area contributed by atoms with Crippen molar-refractivity contribution in [2.75, 3.05) is 6.26 Å². The lowest BCUT2D eigenvalue weighted by Crippen LogP contribution is -2.44. The normalized spacial score (nSPS) is 12.3. The van der Waals surface area contributed by atoms with Crippen LogP contribution in [-0.2, 0) is 4.79 Å². The van der Waals surface area contributed by atoms with E-state index in [0.717, 1.165) is 4.90 Å². The van der Waals surface area contributed by atoms with Crippen molar-refractivity contribution in [3.05, 3.63) is 24.3 Å². The molecule has 1 aromatic rings. The number of carbonyl (C=O) groups is 1. The smallest absolute Gasteiger partial charge is 0.275 e. The van der Waals surface area contributed by atoms with Gasteiger partial charge in [0.1, 0.15) is 5.75 Å². The molecule has 0 spiro atoms. The van der Waals surface area contributed by atoms with Crippen molar-refractivity contribution < 1.29 is 9.53 Å². The SMILES string of the molecule is CSc1ccc(OC(C(=O)NN)C(C)C)cc1. The molecule has 0 saturated heterocycles. The standard InChI is InChI=1S/C12H18N2O2S/c1-8(2)11(12(15)14-13)16-9-4-6-10(17-3)7-5-9/h4-8,11H,13H2,1-3H3,(H,14,15). The van der Waals surface area contributed by atoms with Gasteiger partial charge in [0.25, 0.3) is 5.91 Å². The Kier molecular flexibility index (Phi) is 5.31. The largest absolute Gasteiger partial charge is 0.480 e. The molecule has 0 fully saturated rings. The van der Waals surface area contributed by atoms with Gasteiger partial charge in [-0.2, -0.15) is 0 Å². The minimum absolute atomic E-state index is 0.0544. The van der Waals surface area contributed by atoms with E-state index in [-0.39, 0.29) is 11.8 Å². The van der Waals surface area contributed by atoms with Crippen LogP contribution < -0.4 is 16.0 Å². The Bertz CT molecular complexity index is 365. The quantitative estimate of drug-likeness (QED) is 0.364. The second-order valence-electron chi connectivity index (χ2n) is 3.97. The monoisotopic (exact) mass is 254 g/mol. The van der Waals surface area contributed by atoms with Crippen LogP contribution in [0.25, 0.3) is 0 Å². The predicted octanol–water partition coefficient (Wildman–Crippen LogP) is 1.80. The highest BCUT2D eigenvalue weighted by Crippen LogP contribution is 2.21. The summed E-state index contributed by atoms with van der Waals surface area (Å²) in [5, 5.41) is 0. The first kappa shape index (κ1) is 13.9. The number of benzene rings is 1. The molecule has 0 radical (unpaired) electrons. The van der Waals surface area contributed by atoms with Crippen LogP contribution >= 0.6 is 11.8 Å². The maximum Gasteiger partial charge on any atom is 0.275 e. The Morgan fingerprint density at radius 3 is 2.35 bits per heavy atom. The second-order valence-corrected chi connectivity index (χ2v) is 4.85. The molecule has 94 valence electrons. The third-order valence-corrected chi connectivity index (χ3v) is 3.07. The third kappa shape index (κ3) is 3.94. The summed E-state index contributed by atoms with van der Waals surface area (Å²) < 4.78 is 5.63. The van der Waals surface area contributed by atoms with Crippen molar-refractivity contribution >= 4 is 17.7 Å². The summed E-state index contributed by atoms with van der Waals surface area (Å²) in [5.41, 5.74) is 2.12. The molecule has 17 heavy (non-hydrogen) atoms.